The Labute approximate surface area is 247 Å². The van der Waals surface area contributed by atoms with Gasteiger partial charge in [-0.25, -0.2) is 4.31 Å². The van der Waals surface area contributed by atoms with Gasteiger partial charge in [0.05, 0.1) is 6.54 Å². The number of hydrogen-bond donors (Lipinski definition) is 1. The molecule has 0 bridgehead atoms. The number of rotatable bonds is 9. The molecule has 42 heavy (non-hydrogen) atoms. The van der Waals surface area contributed by atoms with Crippen molar-refractivity contribution in [2.45, 2.75) is 43.4 Å². The zero-order valence-electron chi connectivity index (χ0n) is 23.6. The van der Waals surface area contributed by atoms with E-state index in [1.807, 2.05) is 109 Å². The van der Waals surface area contributed by atoms with E-state index >= 15 is 0 Å². The fraction of sp³-hybridized carbons (Fsp3) is 0.206. The summed E-state index contributed by atoms with van der Waals surface area (Å²) in [6.45, 7) is 4.45. The fourth-order valence-corrected chi connectivity index (χ4v) is 5.60. The van der Waals surface area contributed by atoms with Crippen LogP contribution < -0.4 is 0 Å². The van der Waals surface area contributed by atoms with Crippen molar-refractivity contribution in [3.05, 3.63) is 126 Å². The highest BCUT2D eigenvalue weighted by Gasteiger charge is 2.35. The summed E-state index contributed by atoms with van der Waals surface area (Å²) in [5, 5.41) is 9.16. The molecule has 8 heteroatoms. The van der Waals surface area contributed by atoms with Crippen molar-refractivity contribution in [1.82, 2.24) is 4.31 Å². The van der Waals surface area contributed by atoms with Gasteiger partial charge in [0.2, 0.25) is 5.76 Å². The van der Waals surface area contributed by atoms with Crippen molar-refractivity contribution in [2.24, 2.45) is 0 Å². The van der Waals surface area contributed by atoms with Crippen LogP contribution in [-0.4, -0.2) is 22.8 Å². The predicted molar refractivity (Wildman–Crippen MR) is 162 cm³/mol. The van der Waals surface area contributed by atoms with Gasteiger partial charge in [0.1, 0.15) is 12.0 Å². The van der Waals surface area contributed by atoms with E-state index in [0.717, 1.165) is 57.4 Å². The van der Waals surface area contributed by atoms with E-state index in [0.29, 0.717) is 6.54 Å². The van der Waals surface area contributed by atoms with Gasteiger partial charge < -0.3 is 14.3 Å². The molecule has 0 saturated carbocycles. The molecule has 0 aliphatic carbocycles. The van der Waals surface area contributed by atoms with Crippen molar-refractivity contribution in [2.75, 3.05) is 7.11 Å². The van der Waals surface area contributed by atoms with Crippen LogP contribution in [-0.2, 0) is 29.5 Å². The maximum Gasteiger partial charge on any atom is 0.449 e. The number of nitrogens with zero attached hydrogens (tertiary/aromatic N) is 1. The average molecular weight is 592 g/mol. The molecule has 4 aromatic carbocycles. The number of alkyl halides is 3. The van der Waals surface area contributed by atoms with E-state index in [4.69, 9.17) is 9.52 Å². The number of furan rings is 1. The lowest BCUT2D eigenvalue weighted by atomic mass is 9.85. The molecule has 0 aliphatic heterocycles. The third-order valence-corrected chi connectivity index (χ3v) is 7.87. The van der Waals surface area contributed by atoms with Gasteiger partial charge in [-0.2, -0.15) is 13.2 Å². The smallest absolute Gasteiger partial charge is 0.449 e. The number of aliphatic hydroxyl groups excluding tert-OH is 1. The SMILES string of the molecule is CC(C)(C=O)c1cccc(-c2ccc(CN(Cc3ccc(C(F)(F)F)o3)Sc3cccc4ccccc34)cc2)c1.CO. The molecule has 1 aromatic heterocycles. The van der Waals surface area contributed by atoms with E-state index in [1.54, 1.807) is 0 Å². The van der Waals surface area contributed by atoms with Crippen molar-refractivity contribution >= 4 is 29.0 Å². The first-order valence-corrected chi connectivity index (χ1v) is 14.1. The van der Waals surface area contributed by atoms with Crippen LogP contribution in [0.15, 0.2) is 112 Å². The Bertz CT molecular complexity index is 1620. The lowest BCUT2D eigenvalue weighted by molar-refractivity contribution is -0.153. The van der Waals surface area contributed by atoms with Crippen molar-refractivity contribution < 1.29 is 27.5 Å². The van der Waals surface area contributed by atoms with Crippen molar-refractivity contribution in [1.29, 1.82) is 0 Å². The second kappa shape index (κ2) is 13.4. The highest BCUT2D eigenvalue weighted by atomic mass is 32.2. The van der Waals surface area contributed by atoms with Gasteiger partial charge in [-0.15, -0.1) is 0 Å². The highest BCUT2D eigenvalue weighted by Crippen LogP contribution is 2.35. The summed E-state index contributed by atoms with van der Waals surface area (Å²) < 4.78 is 46.7. The van der Waals surface area contributed by atoms with Gasteiger partial charge in [-0.05, 0) is 77.0 Å². The molecule has 1 N–H and O–H groups in total. The van der Waals surface area contributed by atoms with Crippen LogP contribution in [0.2, 0.25) is 0 Å². The molecular weight excluding hydrogens is 559 g/mol. The average Bonchev–Trinajstić information content (AvgIpc) is 3.48. The number of aliphatic hydroxyl groups is 1. The summed E-state index contributed by atoms with van der Waals surface area (Å²) in [5.41, 5.74) is 3.40. The van der Waals surface area contributed by atoms with E-state index in [1.165, 1.54) is 18.0 Å². The Morgan fingerprint density at radius 2 is 1.50 bits per heavy atom. The molecule has 5 aromatic rings. The summed E-state index contributed by atoms with van der Waals surface area (Å²) in [6.07, 6.45) is -3.58. The zero-order chi connectivity index (χ0) is 30.3. The molecule has 0 saturated heterocycles. The number of fused-ring (bicyclic) bond motifs is 1. The number of carbonyl (C=O) groups excluding carboxylic acids is 1. The van der Waals surface area contributed by atoms with Gasteiger partial charge in [-0.3, -0.25) is 0 Å². The Morgan fingerprint density at radius 3 is 2.19 bits per heavy atom. The van der Waals surface area contributed by atoms with Crippen LogP contribution in [0, 0.1) is 0 Å². The Balaban J connectivity index is 0.00000198. The summed E-state index contributed by atoms with van der Waals surface area (Å²) in [7, 11) is 1.00. The number of carbonyl (C=O) groups is 1. The van der Waals surface area contributed by atoms with Crippen LogP contribution >= 0.6 is 11.9 Å². The summed E-state index contributed by atoms with van der Waals surface area (Å²) in [5.74, 6) is -0.756. The molecule has 5 rings (SSSR count). The van der Waals surface area contributed by atoms with Gasteiger partial charge in [0.25, 0.3) is 0 Å². The summed E-state index contributed by atoms with van der Waals surface area (Å²) in [4.78, 5) is 12.5. The minimum atomic E-state index is -4.53. The largest absolute Gasteiger partial charge is 0.455 e. The standard InChI is InChI=1S/C33H28F3NO2S.CH4O/c1-32(2,22-38)27-10-5-9-26(19-27)24-15-13-23(14-16-24)20-37(21-28-17-18-31(39-28)33(34,35)36)40-30-12-6-8-25-7-3-4-11-29(25)30;1-2/h3-19,22H,20-21H2,1-2H3;2H,1H3. The predicted octanol–water partition coefficient (Wildman–Crippen LogP) is 8.91. The number of halogens is 3. The zero-order valence-corrected chi connectivity index (χ0v) is 24.4. The third-order valence-electron chi connectivity index (χ3n) is 6.80. The first-order valence-electron chi connectivity index (χ1n) is 13.3. The second-order valence-electron chi connectivity index (χ2n) is 10.2. The van der Waals surface area contributed by atoms with Gasteiger partial charge in [0.15, 0.2) is 0 Å². The molecule has 0 spiro atoms. The lowest BCUT2D eigenvalue weighted by Gasteiger charge is -2.21. The normalized spacial score (nSPS) is 11.8. The van der Waals surface area contributed by atoms with Crippen LogP contribution in [0.5, 0.6) is 0 Å². The highest BCUT2D eigenvalue weighted by molar-refractivity contribution is 7.97. The molecule has 0 amide bonds. The molecule has 4 nitrogen and oxygen atoms in total. The number of hydrogen-bond acceptors (Lipinski definition) is 5. The maximum absolute atomic E-state index is 13.2. The summed E-state index contributed by atoms with van der Waals surface area (Å²) in [6, 6.07) is 32.5. The Morgan fingerprint density at radius 1 is 0.810 bits per heavy atom. The van der Waals surface area contributed by atoms with Crippen LogP contribution in [0.4, 0.5) is 13.2 Å². The van der Waals surface area contributed by atoms with Gasteiger partial charge >= 0.3 is 6.18 Å². The van der Waals surface area contributed by atoms with Gasteiger partial charge in [0, 0.05) is 24.0 Å². The first-order chi connectivity index (χ1) is 20.1. The maximum atomic E-state index is 13.2. The molecular formula is C34H32F3NO3S. The molecule has 0 radical (unpaired) electrons. The van der Waals surface area contributed by atoms with Crippen LogP contribution in [0.1, 0.15) is 36.5 Å². The Kier molecular flexibility index (Phi) is 9.93. The molecule has 0 atom stereocenters. The molecule has 0 unspecified atom stereocenters. The van der Waals surface area contributed by atoms with Crippen LogP contribution in [0.25, 0.3) is 21.9 Å². The van der Waals surface area contributed by atoms with E-state index in [9.17, 15) is 18.0 Å². The third kappa shape index (κ3) is 7.50. The quantitative estimate of drug-likeness (QED) is 0.137. The van der Waals surface area contributed by atoms with E-state index < -0.39 is 17.4 Å². The monoisotopic (exact) mass is 591 g/mol. The van der Waals surface area contributed by atoms with E-state index in [2.05, 4.69) is 0 Å². The molecule has 1 heterocycles. The molecule has 0 aliphatic rings. The van der Waals surface area contributed by atoms with Crippen molar-refractivity contribution in [3.63, 3.8) is 0 Å². The first kappa shape index (κ1) is 31.1. The number of aldehydes is 1. The second-order valence-corrected chi connectivity index (χ2v) is 11.4. The topological polar surface area (TPSA) is 53.7 Å². The minimum Gasteiger partial charge on any atom is -0.455 e. The lowest BCUT2D eigenvalue weighted by Crippen LogP contribution is -2.18. The number of benzene rings is 4. The van der Waals surface area contributed by atoms with E-state index in [-0.39, 0.29) is 12.3 Å². The van der Waals surface area contributed by atoms with Gasteiger partial charge in [-0.1, -0.05) is 84.9 Å². The molecule has 0 fully saturated rings. The minimum absolute atomic E-state index is 0.189. The van der Waals surface area contributed by atoms with Crippen LogP contribution in [0.3, 0.4) is 0 Å². The fourth-order valence-electron chi connectivity index (χ4n) is 4.50. The molecule has 218 valence electrons. The Hall–Kier alpha value is -3.85. The van der Waals surface area contributed by atoms with Crippen molar-refractivity contribution in [3.8, 4) is 11.1 Å². The summed E-state index contributed by atoms with van der Waals surface area (Å²) >= 11 is 1.49.